The van der Waals surface area contributed by atoms with Crippen molar-refractivity contribution in [3.63, 3.8) is 0 Å². The molecular weight excluding hydrogens is 222 g/mol. The van der Waals surface area contributed by atoms with Crippen molar-refractivity contribution in [1.82, 2.24) is 14.8 Å². The van der Waals surface area contributed by atoms with Gasteiger partial charge in [-0.05, 0) is 32.1 Å². The first-order chi connectivity index (χ1) is 8.72. The van der Waals surface area contributed by atoms with E-state index in [0.717, 1.165) is 26.1 Å². The van der Waals surface area contributed by atoms with Gasteiger partial charge in [-0.25, -0.2) is 0 Å². The maximum absolute atomic E-state index is 3.18. The maximum Gasteiger partial charge on any atom is 0.0480 e. The maximum atomic E-state index is 3.18. The lowest BCUT2D eigenvalue weighted by molar-refractivity contribution is 0.340. The van der Waals surface area contributed by atoms with Crippen molar-refractivity contribution < 1.29 is 0 Å². The van der Waals surface area contributed by atoms with Gasteiger partial charge in [0.25, 0.3) is 0 Å². The Labute approximate surface area is 109 Å². The molecule has 0 aliphatic rings. The number of hydrogen-bond donors (Lipinski definition) is 1. The predicted octanol–water partition coefficient (Wildman–Crippen LogP) is 1.87. The first-order valence-corrected chi connectivity index (χ1v) is 6.58. The van der Waals surface area contributed by atoms with Gasteiger partial charge in [-0.3, -0.25) is 0 Å². The van der Waals surface area contributed by atoms with Gasteiger partial charge in [0.05, 0.1) is 0 Å². The van der Waals surface area contributed by atoms with Crippen molar-refractivity contribution in [3.05, 3.63) is 36.0 Å². The number of rotatable bonds is 6. The number of nitrogens with zero attached hydrogens (tertiary/aromatic N) is 2. The van der Waals surface area contributed by atoms with Crippen LogP contribution in [0.3, 0.4) is 0 Å². The molecule has 0 spiro atoms. The number of hydrogen-bond acceptors (Lipinski definition) is 2. The monoisotopic (exact) mass is 245 g/mol. The molecule has 0 bridgehead atoms. The Kier molecular flexibility index (Phi) is 4.39. The Balaban J connectivity index is 2.03. The molecule has 0 radical (unpaired) electrons. The lowest BCUT2D eigenvalue weighted by atomic mass is 10.1. The van der Waals surface area contributed by atoms with E-state index in [0.29, 0.717) is 0 Å². The van der Waals surface area contributed by atoms with E-state index >= 15 is 0 Å². The van der Waals surface area contributed by atoms with Gasteiger partial charge >= 0.3 is 0 Å². The molecular formula is C15H23N3. The summed E-state index contributed by atoms with van der Waals surface area (Å²) in [5, 5.41) is 4.58. The number of fused-ring (bicyclic) bond motifs is 1. The molecule has 1 aromatic heterocycles. The van der Waals surface area contributed by atoms with Gasteiger partial charge in [0.15, 0.2) is 0 Å². The van der Waals surface area contributed by atoms with Crippen LogP contribution in [0, 0.1) is 0 Å². The molecule has 1 aromatic carbocycles. The molecule has 3 nitrogen and oxygen atoms in total. The fraction of sp³-hybridized carbons (Fsp3) is 0.467. The minimum Gasteiger partial charge on any atom is -0.350 e. The van der Waals surface area contributed by atoms with Crippen LogP contribution in [0.15, 0.2) is 30.5 Å². The van der Waals surface area contributed by atoms with Crippen molar-refractivity contribution in [1.29, 1.82) is 0 Å². The summed E-state index contributed by atoms with van der Waals surface area (Å²) in [5.41, 5.74) is 2.77. The van der Waals surface area contributed by atoms with Gasteiger partial charge in [-0.1, -0.05) is 18.2 Å². The minimum atomic E-state index is 1.05. The first-order valence-electron chi connectivity index (χ1n) is 6.58. The van der Waals surface area contributed by atoms with E-state index in [4.69, 9.17) is 0 Å². The Hall–Kier alpha value is -1.32. The molecule has 2 rings (SSSR count). The molecule has 0 fully saturated rings. The highest BCUT2D eigenvalue weighted by Crippen LogP contribution is 2.20. The minimum absolute atomic E-state index is 1.05. The van der Waals surface area contributed by atoms with Crippen molar-refractivity contribution in [2.24, 2.45) is 7.05 Å². The van der Waals surface area contributed by atoms with Gasteiger partial charge in [0.1, 0.15) is 0 Å². The number of aromatic nitrogens is 1. The molecule has 3 heteroatoms. The quantitative estimate of drug-likeness (QED) is 0.838. The van der Waals surface area contributed by atoms with E-state index in [1.54, 1.807) is 0 Å². The lowest BCUT2D eigenvalue weighted by Gasteiger charge is -2.15. The standard InChI is InChI=1S/C15H23N3/c1-16-9-11-17(2)10-8-13-12-18(3)15-7-5-4-6-14(13)15/h4-7,12,16H,8-11H2,1-3H3. The number of para-hydroxylation sites is 1. The van der Waals surface area contributed by atoms with Crippen molar-refractivity contribution >= 4 is 10.9 Å². The third kappa shape index (κ3) is 2.92. The molecule has 98 valence electrons. The molecule has 0 atom stereocenters. The summed E-state index contributed by atoms with van der Waals surface area (Å²) in [6.45, 7) is 3.25. The van der Waals surface area contributed by atoms with Gasteiger partial charge in [-0.2, -0.15) is 0 Å². The average molecular weight is 245 g/mol. The molecule has 0 saturated carbocycles. The Bertz CT molecular complexity index is 501. The molecule has 18 heavy (non-hydrogen) atoms. The van der Waals surface area contributed by atoms with E-state index in [9.17, 15) is 0 Å². The van der Waals surface area contributed by atoms with Crippen LogP contribution in [0.2, 0.25) is 0 Å². The SMILES string of the molecule is CNCCN(C)CCc1cn(C)c2ccccc12. The van der Waals surface area contributed by atoms with E-state index in [1.807, 2.05) is 7.05 Å². The first kappa shape index (κ1) is 13.1. The molecule has 0 unspecified atom stereocenters. The highest BCUT2D eigenvalue weighted by molar-refractivity contribution is 5.83. The number of nitrogens with one attached hydrogen (secondary N) is 1. The van der Waals surface area contributed by atoms with Gasteiger partial charge in [-0.15, -0.1) is 0 Å². The molecule has 0 aliphatic heterocycles. The summed E-state index contributed by atoms with van der Waals surface area (Å²) in [5.74, 6) is 0. The van der Waals surface area contributed by atoms with Crippen LogP contribution >= 0.6 is 0 Å². The average Bonchev–Trinajstić information content (AvgIpc) is 2.71. The zero-order valence-corrected chi connectivity index (χ0v) is 11.6. The molecule has 1 N–H and O–H groups in total. The van der Waals surface area contributed by atoms with Crippen LogP contribution in [0.1, 0.15) is 5.56 Å². The lowest BCUT2D eigenvalue weighted by Crippen LogP contribution is -2.29. The fourth-order valence-corrected chi connectivity index (χ4v) is 2.35. The number of aryl methyl sites for hydroxylation is 1. The highest BCUT2D eigenvalue weighted by Gasteiger charge is 2.06. The van der Waals surface area contributed by atoms with Gasteiger partial charge < -0.3 is 14.8 Å². The van der Waals surface area contributed by atoms with Crippen LogP contribution in [0.4, 0.5) is 0 Å². The zero-order chi connectivity index (χ0) is 13.0. The largest absolute Gasteiger partial charge is 0.350 e. The second kappa shape index (κ2) is 6.03. The fourth-order valence-electron chi connectivity index (χ4n) is 2.35. The molecule has 0 aliphatic carbocycles. The summed E-state index contributed by atoms with van der Waals surface area (Å²) in [6, 6.07) is 8.63. The van der Waals surface area contributed by atoms with Crippen molar-refractivity contribution in [2.75, 3.05) is 33.7 Å². The predicted molar refractivity (Wildman–Crippen MR) is 78.0 cm³/mol. The van der Waals surface area contributed by atoms with Crippen molar-refractivity contribution in [3.8, 4) is 0 Å². The van der Waals surface area contributed by atoms with E-state index < -0.39 is 0 Å². The van der Waals surface area contributed by atoms with E-state index in [1.165, 1.54) is 16.5 Å². The van der Waals surface area contributed by atoms with Crippen LogP contribution in [0.25, 0.3) is 10.9 Å². The van der Waals surface area contributed by atoms with Crippen LogP contribution in [0.5, 0.6) is 0 Å². The normalized spacial score (nSPS) is 11.6. The Morgan fingerprint density at radius 1 is 1.22 bits per heavy atom. The second-order valence-corrected chi connectivity index (χ2v) is 4.94. The van der Waals surface area contributed by atoms with Gasteiger partial charge in [0.2, 0.25) is 0 Å². The van der Waals surface area contributed by atoms with E-state index in [-0.39, 0.29) is 0 Å². The van der Waals surface area contributed by atoms with Crippen LogP contribution < -0.4 is 5.32 Å². The number of benzene rings is 1. The summed E-state index contributed by atoms with van der Waals surface area (Å²) in [6.07, 6.45) is 3.37. The molecule has 2 aromatic rings. The number of likely N-dealkylation sites (N-methyl/N-ethyl adjacent to an activating group) is 2. The highest BCUT2D eigenvalue weighted by atomic mass is 15.1. The van der Waals surface area contributed by atoms with Crippen LogP contribution in [-0.2, 0) is 13.5 Å². The summed E-state index contributed by atoms with van der Waals surface area (Å²) >= 11 is 0. The summed E-state index contributed by atoms with van der Waals surface area (Å²) < 4.78 is 2.22. The zero-order valence-electron chi connectivity index (χ0n) is 11.6. The topological polar surface area (TPSA) is 20.2 Å². The Morgan fingerprint density at radius 2 is 2.00 bits per heavy atom. The third-order valence-corrected chi connectivity index (χ3v) is 3.49. The van der Waals surface area contributed by atoms with Crippen LogP contribution in [-0.4, -0.2) is 43.2 Å². The van der Waals surface area contributed by atoms with E-state index in [2.05, 4.69) is 59.3 Å². The molecule has 0 amide bonds. The van der Waals surface area contributed by atoms with Crippen molar-refractivity contribution in [2.45, 2.75) is 6.42 Å². The third-order valence-electron chi connectivity index (χ3n) is 3.49. The Morgan fingerprint density at radius 3 is 2.78 bits per heavy atom. The van der Waals surface area contributed by atoms with Gasteiger partial charge in [0, 0.05) is 43.8 Å². The smallest absolute Gasteiger partial charge is 0.0480 e. The summed E-state index contributed by atoms with van der Waals surface area (Å²) in [7, 11) is 6.30. The molecule has 0 saturated heterocycles. The molecule has 1 heterocycles. The summed E-state index contributed by atoms with van der Waals surface area (Å²) in [4.78, 5) is 2.37. The second-order valence-electron chi connectivity index (χ2n) is 4.94.